The molecule has 0 aromatic heterocycles. The lowest BCUT2D eigenvalue weighted by atomic mass is 10.0. The van der Waals surface area contributed by atoms with E-state index >= 15 is 0 Å². The fraction of sp³-hybridized carbons (Fsp3) is 0.417. The van der Waals surface area contributed by atoms with E-state index < -0.39 is 18.2 Å². The van der Waals surface area contributed by atoms with Crippen molar-refractivity contribution in [2.75, 3.05) is 14.2 Å². The first-order chi connectivity index (χ1) is 8.10. The molecule has 0 bridgehead atoms. The van der Waals surface area contributed by atoms with Gasteiger partial charge in [-0.05, 0) is 11.1 Å². The van der Waals surface area contributed by atoms with Gasteiger partial charge >= 0.3 is 5.97 Å². The number of carbonyl (C=O) groups is 1. The Morgan fingerprint density at radius 3 is 2.29 bits per heavy atom. The van der Waals surface area contributed by atoms with Crippen LogP contribution < -0.4 is 0 Å². The van der Waals surface area contributed by atoms with Crippen LogP contribution in [-0.2, 0) is 20.9 Å². The number of esters is 1. The topological polar surface area (TPSA) is 76.0 Å². The first kappa shape index (κ1) is 13.6. The zero-order valence-corrected chi connectivity index (χ0v) is 9.79. The molecular weight excluding hydrogens is 224 g/mol. The van der Waals surface area contributed by atoms with Crippen molar-refractivity contribution in [3.63, 3.8) is 0 Å². The Morgan fingerprint density at radius 1 is 1.24 bits per heavy atom. The number of aliphatic hydroxyl groups excluding tert-OH is 2. The Bertz CT molecular complexity index is 360. The molecule has 1 aromatic carbocycles. The highest BCUT2D eigenvalue weighted by molar-refractivity contribution is 5.75. The maximum absolute atomic E-state index is 11.0. The van der Waals surface area contributed by atoms with Crippen LogP contribution in [0.15, 0.2) is 24.3 Å². The van der Waals surface area contributed by atoms with Crippen LogP contribution in [0.5, 0.6) is 0 Å². The summed E-state index contributed by atoms with van der Waals surface area (Å²) in [6.45, 7) is 0.468. The summed E-state index contributed by atoms with van der Waals surface area (Å²) >= 11 is 0. The van der Waals surface area contributed by atoms with E-state index in [1.54, 1.807) is 31.4 Å². The molecule has 5 nitrogen and oxygen atoms in total. The molecule has 0 heterocycles. The minimum Gasteiger partial charge on any atom is -0.467 e. The first-order valence-electron chi connectivity index (χ1n) is 5.12. The van der Waals surface area contributed by atoms with Crippen molar-refractivity contribution >= 4 is 5.97 Å². The second-order valence-electron chi connectivity index (χ2n) is 3.59. The molecule has 1 rings (SSSR count). The average molecular weight is 240 g/mol. The summed E-state index contributed by atoms with van der Waals surface area (Å²) in [5.41, 5.74) is 1.39. The van der Waals surface area contributed by atoms with Crippen LogP contribution in [0.4, 0.5) is 0 Å². The van der Waals surface area contributed by atoms with Crippen LogP contribution in [0.2, 0.25) is 0 Å². The van der Waals surface area contributed by atoms with Crippen LogP contribution in [0.3, 0.4) is 0 Å². The van der Waals surface area contributed by atoms with Gasteiger partial charge in [-0.2, -0.15) is 0 Å². The van der Waals surface area contributed by atoms with Crippen molar-refractivity contribution in [3.05, 3.63) is 35.4 Å². The minimum absolute atomic E-state index is 0.447. The Morgan fingerprint density at radius 2 is 1.82 bits per heavy atom. The number of hydrogen-bond donors (Lipinski definition) is 2. The molecule has 0 aliphatic heterocycles. The van der Waals surface area contributed by atoms with Crippen molar-refractivity contribution < 1.29 is 24.5 Å². The van der Waals surface area contributed by atoms with Crippen LogP contribution in [-0.4, -0.2) is 36.5 Å². The van der Waals surface area contributed by atoms with E-state index in [-0.39, 0.29) is 0 Å². The summed E-state index contributed by atoms with van der Waals surface area (Å²) in [6, 6.07) is 6.77. The lowest BCUT2D eigenvalue weighted by Gasteiger charge is -2.16. The molecule has 0 fully saturated rings. The van der Waals surface area contributed by atoms with Crippen molar-refractivity contribution in [1.82, 2.24) is 0 Å². The summed E-state index contributed by atoms with van der Waals surface area (Å²) in [4.78, 5) is 11.0. The van der Waals surface area contributed by atoms with Crippen LogP contribution in [0, 0.1) is 0 Å². The van der Waals surface area contributed by atoms with Gasteiger partial charge in [0, 0.05) is 7.11 Å². The molecule has 0 aliphatic rings. The molecular formula is C12H16O5. The van der Waals surface area contributed by atoms with Gasteiger partial charge in [0.2, 0.25) is 0 Å². The number of benzene rings is 1. The quantitative estimate of drug-likeness (QED) is 0.729. The summed E-state index contributed by atoms with van der Waals surface area (Å²) in [6.07, 6.45) is -2.87. The fourth-order valence-corrected chi connectivity index (χ4v) is 1.41. The monoisotopic (exact) mass is 240 g/mol. The summed E-state index contributed by atoms with van der Waals surface area (Å²) in [5.74, 6) is -0.863. The molecule has 0 aliphatic carbocycles. The van der Waals surface area contributed by atoms with Gasteiger partial charge in [0.25, 0.3) is 0 Å². The smallest absolute Gasteiger partial charge is 0.337 e. The highest BCUT2D eigenvalue weighted by Crippen LogP contribution is 2.18. The van der Waals surface area contributed by atoms with Crippen molar-refractivity contribution in [1.29, 1.82) is 0 Å². The molecule has 94 valence electrons. The summed E-state index contributed by atoms with van der Waals surface area (Å²) in [7, 11) is 2.74. The number of rotatable bonds is 5. The summed E-state index contributed by atoms with van der Waals surface area (Å²) in [5, 5.41) is 19.2. The second kappa shape index (κ2) is 6.34. The maximum atomic E-state index is 11.0. The molecule has 2 unspecified atom stereocenters. The number of hydrogen-bond acceptors (Lipinski definition) is 5. The van der Waals surface area contributed by atoms with Crippen LogP contribution in [0.1, 0.15) is 17.2 Å². The van der Waals surface area contributed by atoms with Crippen LogP contribution >= 0.6 is 0 Å². The minimum atomic E-state index is -1.58. The number of methoxy groups -OCH3 is 2. The third kappa shape index (κ3) is 3.52. The Labute approximate surface area is 99.6 Å². The molecule has 0 spiro atoms. The van der Waals surface area contributed by atoms with Gasteiger partial charge in [-0.3, -0.25) is 0 Å². The van der Waals surface area contributed by atoms with Gasteiger partial charge in [0.15, 0.2) is 6.10 Å². The molecule has 0 amide bonds. The predicted molar refractivity (Wildman–Crippen MR) is 60.1 cm³/mol. The second-order valence-corrected chi connectivity index (χ2v) is 3.59. The Hall–Kier alpha value is -1.43. The number of ether oxygens (including phenoxy) is 2. The van der Waals surface area contributed by atoms with Crippen LogP contribution in [0.25, 0.3) is 0 Å². The molecule has 0 saturated heterocycles. The molecule has 1 aromatic rings. The molecule has 2 atom stereocenters. The van der Waals surface area contributed by atoms with E-state index in [0.717, 1.165) is 12.7 Å². The molecule has 0 saturated carbocycles. The van der Waals surface area contributed by atoms with Crippen molar-refractivity contribution in [2.45, 2.75) is 18.8 Å². The third-order valence-corrected chi connectivity index (χ3v) is 2.37. The lowest BCUT2D eigenvalue weighted by Crippen LogP contribution is -2.29. The highest BCUT2D eigenvalue weighted by atomic mass is 16.5. The van der Waals surface area contributed by atoms with Gasteiger partial charge in [-0.15, -0.1) is 0 Å². The molecule has 17 heavy (non-hydrogen) atoms. The molecule has 0 radical (unpaired) electrons. The van der Waals surface area contributed by atoms with Gasteiger partial charge < -0.3 is 19.7 Å². The van der Waals surface area contributed by atoms with E-state index in [1.807, 2.05) is 0 Å². The lowest BCUT2D eigenvalue weighted by molar-refractivity contribution is -0.156. The predicted octanol–water partition coefficient (Wildman–Crippen LogP) is 0.400. The average Bonchev–Trinajstić information content (AvgIpc) is 2.37. The van der Waals surface area contributed by atoms with E-state index in [1.165, 1.54) is 0 Å². The Balaban J connectivity index is 2.75. The third-order valence-electron chi connectivity index (χ3n) is 2.37. The maximum Gasteiger partial charge on any atom is 0.337 e. The van der Waals surface area contributed by atoms with Gasteiger partial charge in [-0.1, -0.05) is 24.3 Å². The van der Waals surface area contributed by atoms with Gasteiger partial charge in [0.1, 0.15) is 6.10 Å². The zero-order chi connectivity index (χ0) is 12.8. The highest BCUT2D eigenvalue weighted by Gasteiger charge is 2.26. The molecule has 2 N–H and O–H groups in total. The van der Waals surface area contributed by atoms with E-state index in [2.05, 4.69) is 4.74 Å². The fourth-order valence-electron chi connectivity index (χ4n) is 1.41. The molecule has 5 heteroatoms. The standard InChI is InChI=1S/C12H16O5/c1-16-7-8-3-5-9(6-4-8)10(13)11(14)12(15)17-2/h3-6,10-11,13-14H,7H2,1-2H3. The van der Waals surface area contributed by atoms with Crippen molar-refractivity contribution in [2.24, 2.45) is 0 Å². The zero-order valence-electron chi connectivity index (χ0n) is 9.79. The first-order valence-corrected chi connectivity index (χ1v) is 5.12. The number of carbonyl (C=O) groups excluding carboxylic acids is 1. The van der Waals surface area contributed by atoms with E-state index in [0.29, 0.717) is 12.2 Å². The van der Waals surface area contributed by atoms with Crippen molar-refractivity contribution in [3.8, 4) is 0 Å². The SMILES string of the molecule is COCc1ccc(C(O)C(O)C(=O)OC)cc1. The Kier molecular flexibility index (Phi) is 5.09. The van der Waals surface area contributed by atoms with E-state index in [4.69, 9.17) is 4.74 Å². The normalized spacial score (nSPS) is 14.1. The summed E-state index contributed by atoms with van der Waals surface area (Å²) < 4.78 is 9.29. The van der Waals surface area contributed by atoms with Gasteiger partial charge in [0.05, 0.1) is 13.7 Å². The largest absolute Gasteiger partial charge is 0.467 e. The van der Waals surface area contributed by atoms with E-state index in [9.17, 15) is 15.0 Å². The number of aliphatic hydroxyl groups is 2. The van der Waals surface area contributed by atoms with Gasteiger partial charge in [-0.25, -0.2) is 4.79 Å².